The number of benzene rings is 1. The monoisotopic (exact) mass is 506 g/mol. The summed E-state index contributed by atoms with van der Waals surface area (Å²) in [6, 6.07) is 1.34. The van der Waals surface area contributed by atoms with Crippen LogP contribution in [0.1, 0.15) is 58.6 Å². The Bertz CT molecular complexity index is 1320. The number of nitrogens with zero attached hydrogens (tertiary/aromatic N) is 3. The van der Waals surface area contributed by atoms with E-state index in [9.17, 15) is 32.7 Å². The Labute approximate surface area is 203 Å². The minimum atomic E-state index is -1.11. The van der Waals surface area contributed by atoms with Gasteiger partial charge in [0.15, 0.2) is 11.4 Å². The van der Waals surface area contributed by atoms with E-state index < -0.39 is 64.5 Å². The van der Waals surface area contributed by atoms with Gasteiger partial charge in [0.05, 0.1) is 18.6 Å². The van der Waals surface area contributed by atoms with Gasteiger partial charge in [0.2, 0.25) is 5.43 Å². The number of fused-ring (bicyclic) bond motifs is 5. The van der Waals surface area contributed by atoms with Gasteiger partial charge in [-0.15, -0.1) is 0 Å². The van der Waals surface area contributed by atoms with Crippen LogP contribution in [0.5, 0.6) is 5.75 Å². The first-order valence-electron chi connectivity index (χ1n) is 11.6. The van der Waals surface area contributed by atoms with Crippen LogP contribution in [0.15, 0.2) is 29.2 Å². The number of hydrogen-bond acceptors (Lipinski definition) is 6. The van der Waals surface area contributed by atoms with Crippen molar-refractivity contribution in [2.24, 2.45) is 5.73 Å². The number of aromatic nitrogens is 1. The Balaban J connectivity index is 1.61. The van der Waals surface area contributed by atoms with Crippen molar-refractivity contribution in [3.63, 3.8) is 0 Å². The Morgan fingerprint density at radius 3 is 2.72 bits per heavy atom. The van der Waals surface area contributed by atoms with Gasteiger partial charge in [-0.25, -0.2) is 13.2 Å². The molecule has 4 atom stereocenters. The van der Waals surface area contributed by atoms with E-state index in [1.54, 1.807) is 0 Å². The van der Waals surface area contributed by atoms with E-state index in [1.807, 2.05) is 6.92 Å². The second kappa shape index (κ2) is 8.63. The smallest absolute Gasteiger partial charge is 0.274 e. The molecule has 0 radical (unpaired) electrons. The summed E-state index contributed by atoms with van der Waals surface area (Å²) in [6.07, 6.45) is 2.15. The standard InChI is InChI=1S/C24H25F3N4O5/c1-12-4-5-24(7-15(8-25)31(36-24)9-13-2-3-14(26)6-17(13)27)18-11-29(12)23(35)19-21(33)20(32)16(22(28)34)10-30(18)19/h2-3,6,10,12,15,18,33H,4-5,7-9,11H2,1H3,(H2,28,34)/t12-,15?,18+,24-/m0/s1. The maximum absolute atomic E-state index is 14.4. The number of pyridine rings is 1. The number of nitrogens with two attached hydrogens (primary N) is 1. The van der Waals surface area contributed by atoms with Gasteiger partial charge < -0.3 is 20.3 Å². The molecule has 0 aliphatic carbocycles. The highest BCUT2D eigenvalue weighted by molar-refractivity contribution is 5.99. The lowest BCUT2D eigenvalue weighted by Gasteiger charge is -2.42. The summed E-state index contributed by atoms with van der Waals surface area (Å²) in [7, 11) is 0. The molecule has 2 aromatic rings. The molecule has 2 fully saturated rings. The highest BCUT2D eigenvalue weighted by Gasteiger charge is 2.56. The number of amides is 2. The van der Waals surface area contributed by atoms with Gasteiger partial charge in [-0.2, -0.15) is 5.06 Å². The molecule has 1 aromatic carbocycles. The van der Waals surface area contributed by atoms with E-state index in [2.05, 4.69) is 0 Å². The third-order valence-corrected chi connectivity index (χ3v) is 7.58. The van der Waals surface area contributed by atoms with Crippen LogP contribution in [0.3, 0.4) is 0 Å². The van der Waals surface area contributed by atoms with Crippen molar-refractivity contribution in [1.29, 1.82) is 0 Å². The topological polar surface area (TPSA) is 118 Å². The second-order valence-electron chi connectivity index (χ2n) is 9.68. The zero-order valence-electron chi connectivity index (χ0n) is 19.4. The van der Waals surface area contributed by atoms with Gasteiger partial charge in [0.25, 0.3) is 11.8 Å². The Morgan fingerprint density at radius 1 is 1.31 bits per heavy atom. The molecule has 36 heavy (non-hydrogen) atoms. The minimum absolute atomic E-state index is 0.116. The molecule has 4 heterocycles. The van der Waals surface area contributed by atoms with Gasteiger partial charge >= 0.3 is 0 Å². The lowest BCUT2D eigenvalue weighted by atomic mass is 9.83. The first-order chi connectivity index (χ1) is 17.1. The molecule has 1 unspecified atom stereocenters. The predicted molar refractivity (Wildman–Crippen MR) is 120 cm³/mol. The number of hydroxylamine groups is 2. The number of halogens is 3. The average Bonchev–Trinajstić information content (AvgIpc) is 3.13. The number of hydrogen-bond donors (Lipinski definition) is 2. The Morgan fingerprint density at radius 2 is 2.06 bits per heavy atom. The normalized spacial score (nSPS) is 27.8. The van der Waals surface area contributed by atoms with Crippen molar-refractivity contribution in [2.45, 2.75) is 56.5 Å². The van der Waals surface area contributed by atoms with Crippen LogP contribution in [0, 0.1) is 11.6 Å². The molecule has 1 spiro atoms. The summed E-state index contributed by atoms with van der Waals surface area (Å²) in [6.45, 7) is 0.974. The van der Waals surface area contributed by atoms with Crippen LogP contribution in [-0.4, -0.2) is 62.4 Å². The third kappa shape index (κ3) is 3.66. The first-order valence-corrected chi connectivity index (χ1v) is 11.6. The molecule has 0 saturated carbocycles. The Hall–Kier alpha value is -3.38. The number of alkyl halides is 1. The number of carbonyl (C=O) groups excluding carboxylic acids is 2. The van der Waals surface area contributed by atoms with Gasteiger partial charge in [-0.1, -0.05) is 6.07 Å². The highest BCUT2D eigenvalue weighted by Crippen LogP contribution is 2.49. The predicted octanol–water partition coefficient (Wildman–Crippen LogP) is 2.02. The summed E-state index contributed by atoms with van der Waals surface area (Å²) >= 11 is 0. The van der Waals surface area contributed by atoms with Crippen molar-refractivity contribution in [1.82, 2.24) is 14.5 Å². The molecule has 2 amide bonds. The SMILES string of the molecule is C[C@H]1CC[C@]2(CC(CF)N(Cc3ccc(F)cc3F)O2)[C@H]2CN1C(=O)c1c(O)c(=O)c(C(N)=O)cn12. The van der Waals surface area contributed by atoms with Crippen molar-refractivity contribution in [3.8, 4) is 5.75 Å². The van der Waals surface area contributed by atoms with E-state index in [0.29, 0.717) is 12.8 Å². The van der Waals surface area contributed by atoms with Crippen molar-refractivity contribution in [3.05, 3.63) is 63.1 Å². The molecule has 3 aliphatic rings. The Kier molecular flexibility index (Phi) is 5.83. The van der Waals surface area contributed by atoms with E-state index >= 15 is 0 Å². The van der Waals surface area contributed by atoms with Gasteiger partial charge in [0.1, 0.15) is 29.5 Å². The molecule has 9 nitrogen and oxygen atoms in total. The summed E-state index contributed by atoms with van der Waals surface area (Å²) in [5, 5.41) is 12.0. The number of primary amides is 1. The van der Waals surface area contributed by atoms with Gasteiger partial charge in [-0.3, -0.25) is 19.2 Å². The van der Waals surface area contributed by atoms with Crippen LogP contribution in [0.25, 0.3) is 0 Å². The molecule has 12 heteroatoms. The van der Waals surface area contributed by atoms with Crippen LogP contribution < -0.4 is 11.2 Å². The average molecular weight is 506 g/mol. The number of aromatic hydroxyl groups is 1. The molecule has 3 aliphatic heterocycles. The van der Waals surface area contributed by atoms with E-state index in [4.69, 9.17) is 10.6 Å². The third-order valence-electron chi connectivity index (χ3n) is 7.58. The molecule has 1 aromatic heterocycles. The molecule has 2 bridgehead atoms. The first kappa shape index (κ1) is 24.3. The lowest BCUT2D eigenvalue weighted by Crippen LogP contribution is -2.52. The highest BCUT2D eigenvalue weighted by atomic mass is 19.1. The molecule has 2 saturated heterocycles. The van der Waals surface area contributed by atoms with Crippen molar-refractivity contribution < 1.29 is 32.7 Å². The van der Waals surface area contributed by atoms with Crippen molar-refractivity contribution in [2.75, 3.05) is 13.2 Å². The lowest BCUT2D eigenvalue weighted by molar-refractivity contribution is -0.228. The molecule has 3 N–H and O–H groups in total. The summed E-state index contributed by atoms with van der Waals surface area (Å²) in [5.74, 6) is -4.07. The summed E-state index contributed by atoms with van der Waals surface area (Å²) in [4.78, 5) is 45.6. The number of rotatable bonds is 4. The number of carbonyl (C=O) groups is 2. The molecule has 5 rings (SSSR count). The quantitative estimate of drug-likeness (QED) is 0.655. The van der Waals surface area contributed by atoms with E-state index in [0.717, 1.165) is 18.3 Å². The molecular formula is C24H25F3N4O5. The van der Waals surface area contributed by atoms with Crippen LogP contribution in [0.4, 0.5) is 13.2 Å². The summed E-state index contributed by atoms with van der Waals surface area (Å²) in [5.41, 5.74) is 2.52. The zero-order valence-corrected chi connectivity index (χ0v) is 19.4. The van der Waals surface area contributed by atoms with Crippen LogP contribution in [-0.2, 0) is 11.4 Å². The van der Waals surface area contributed by atoms with Crippen LogP contribution in [0.2, 0.25) is 0 Å². The summed E-state index contributed by atoms with van der Waals surface area (Å²) < 4.78 is 43.3. The van der Waals surface area contributed by atoms with E-state index in [-0.39, 0.29) is 36.8 Å². The van der Waals surface area contributed by atoms with E-state index in [1.165, 1.54) is 20.6 Å². The van der Waals surface area contributed by atoms with Gasteiger partial charge in [0, 0.05) is 36.8 Å². The minimum Gasteiger partial charge on any atom is -0.503 e. The largest absolute Gasteiger partial charge is 0.503 e. The van der Waals surface area contributed by atoms with Crippen molar-refractivity contribution >= 4 is 11.8 Å². The van der Waals surface area contributed by atoms with Crippen LogP contribution >= 0.6 is 0 Å². The maximum atomic E-state index is 14.4. The second-order valence-corrected chi connectivity index (χ2v) is 9.68. The molecular weight excluding hydrogens is 481 g/mol. The fraction of sp³-hybridized carbons (Fsp3) is 0.458. The fourth-order valence-electron chi connectivity index (χ4n) is 5.62. The maximum Gasteiger partial charge on any atom is 0.274 e. The van der Waals surface area contributed by atoms with Gasteiger partial charge in [-0.05, 0) is 25.8 Å². The zero-order chi connectivity index (χ0) is 25.9. The fourth-order valence-corrected chi connectivity index (χ4v) is 5.62. The molecule has 192 valence electrons.